The average Bonchev–Trinajstić information content (AvgIpc) is 2.83. The maximum absolute atomic E-state index is 5.89. The van der Waals surface area contributed by atoms with Crippen molar-refractivity contribution in [2.24, 2.45) is 22.1 Å². The molecule has 2 fully saturated rings. The largest absolute Gasteiger partial charge is 0.374 e. The lowest BCUT2D eigenvalue weighted by Crippen LogP contribution is -2.37. The number of nitrogens with one attached hydrogen (secondary N) is 1. The van der Waals surface area contributed by atoms with Crippen LogP contribution in [0.1, 0.15) is 40.0 Å². The van der Waals surface area contributed by atoms with E-state index < -0.39 is 0 Å². The van der Waals surface area contributed by atoms with E-state index in [1.165, 1.54) is 12.8 Å². The predicted octanol–water partition coefficient (Wildman–Crippen LogP) is 1.50. The minimum Gasteiger partial charge on any atom is -0.374 e. The zero-order valence-electron chi connectivity index (χ0n) is 11.2. The van der Waals surface area contributed by atoms with Crippen LogP contribution in [-0.2, 0) is 4.74 Å². The van der Waals surface area contributed by atoms with Crippen LogP contribution in [0.2, 0.25) is 0 Å². The number of nitrogens with zero attached hydrogens (tertiary/aromatic N) is 1. The Hall–Kier alpha value is -0.770. The zero-order chi connectivity index (χ0) is 12.5. The van der Waals surface area contributed by atoms with Crippen LogP contribution in [0.3, 0.4) is 0 Å². The highest BCUT2D eigenvalue weighted by Gasteiger charge is 2.49. The Morgan fingerprint density at radius 3 is 2.82 bits per heavy atom. The first-order chi connectivity index (χ1) is 7.99. The smallest absolute Gasteiger partial charge is 0.188 e. The van der Waals surface area contributed by atoms with E-state index in [-0.39, 0.29) is 5.41 Å². The third-order valence-electron chi connectivity index (χ3n) is 3.88. The van der Waals surface area contributed by atoms with Gasteiger partial charge in [-0.2, -0.15) is 0 Å². The van der Waals surface area contributed by atoms with Crippen molar-refractivity contribution in [2.75, 3.05) is 13.1 Å². The minimum absolute atomic E-state index is 0.201. The maximum atomic E-state index is 5.89. The van der Waals surface area contributed by atoms with Crippen molar-refractivity contribution in [3.05, 3.63) is 0 Å². The van der Waals surface area contributed by atoms with Crippen LogP contribution in [0, 0.1) is 11.3 Å². The number of rotatable bonds is 4. The summed E-state index contributed by atoms with van der Waals surface area (Å²) < 4.78 is 5.89. The number of hydrogen-bond acceptors (Lipinski definition) is 2. The molecule has 0 radical (unpaired) electrons. The Bertz CT molecular complexity index is 303. The molecule has 4 nitrogen and oxygen atoms in total. The Kier molecular flexibility index (Phi) is 3.61. The summed E-state index contributed by atoms with van der Waals surface area (Å²) in [4.78, 5) is 4.47. The maximum Gasteiger partial charge on any atom is 0.188 e. The molecule has 3 atom stereocenters. The van der Waals surface area contributed by atoms with E-state index in [2.05, 4.69) is 31.1 Å². The van der Waals surface area contributed by atoms with E-state index >= 15 is 0 Å². The van der Waals surface area contributed by atoms with Crippen molar-refractivity contribution in [3.8, 4) is 0 Å². The number of guanidine groups is 1. The molecule has 2 bridgehead atoms. The summed E-state index contributed by atoms with van der Waals surface area (Å²) >= 11 is 0. The molecule has 3 unspecified atom stereocenters. The zero-order valence-corrected chi connectivity index (χ0v) is 11.2. The molecule has 0 aromatic heterocycles. The second kappa shape index (κ2) is 4.84. The molecule has 0 aromatic carbocycles. The van der Waals surface area contributed by atoms with Gasteiger partial charge in [0.1, 0.15) is 0 Å². The third-order valence-corrected chi connectivity index (χ3v) is 3.88. The molecule has 98 valence electrons. The Morgan fingerprint density at radius 2 is 2.29 bits per heavy atom. The van der Waals surface area contributed by atoms with Gasteiger partial charge in [-0.3, -0.25) is 4.99 Å². The van der Waals surface area contributed by atoms with Gasteiger partial charge in [-0.15, -0.1) is 0 Å². The third kappa shape index (κ3) is 2.92. The van der Waals surface area contributed by atoms with Gasteiger partial charge in [0, 0.05) is 12.0 Å². The Labute approximate surface area is 104 Å². The summed E-state index contributed by atoms with van der Waals surface area (Å²) in [5.41, 5.74) is 6.06. The molecule has 2 saturated heterocycles. The van der Waals surface area contributed by atoms with E-state index in [1.807, 2.05) is 0 Å². The molecular weight excluding hydrogens is 214 g/mol. The lowest BCUT2D eigenvalue weighted by molar-refractivity contribution is 0.0706. The van der Waals surface area contributed by atoms with Gasteiger partial charge in [0.05, 0.1) is 18.8 Å². The van der Waals surface area contributed by atoms with Gasteiger partial charge in [-0.05, 0) is 25.2 Å². The van der Waals surface area contributed by atoms with Crippen LogP contribution < -0.4 is 11.1 Å². The van der Waals surface area contributed by atoms with Crippen LogP contribution in [0.15, 0.2) is 4.99 Å². The van der Waals surface area contributed by atoms with E-state index in [4.69, 9.17) is 10.5 Å². The van der Waals surface area contributed by atoms with Gasteiger partial charge in [-0.1, -0.05) is 20.8 Å². The van der Waals surface area contributed by atoms with Gasteiger partial charge >= 0.3 is 0 Å². The van der Waals surface area contributed by atoms with Crippen LogP contribution in [0.4, 0.5) is 0 Å². The van der Waals surface area contributed by atoms with Gasteiger partial charge in [-0.25, -0.2) is 0 Å². The number of hydrogen-bond donors (Lipinski definition) is 2. The molecule has 0 aliphatic carbocycles. The Morgan fingerprint density at radius 1 is 1.53 bits per heavy atom. The minimum atomic E-state index is 0.201. The molecule has 0 spiro atoms. The first-order valence-electron chi connectivity index (χ1n) is 6.69. The summed E-state index contributed by atoms with van der Waals surface area (Å²) in [7, 11) is 0. The summed E-state index contributed by atoms with van der Waals surface area (Å²) in [6.45, 7) is 8.26. The van der Waals surface area contributed by atoms with Crippen LogP contribution in [-0.4, -0.2) is 31.3 Å². The highest BCUT2D eigenvalue weighted by Crippen LogP contribution is 2.47. The lowest BCUT2D eigenvalue weighted by Gasteiger charge is -2.29. The fourth-order valence-electron chi connectivity index (χ4n) is 2.82. The molecule has 0 amide bonds. The molecule has 17 heavy (non-hydrogen) atoms. The quantitative estimate of drug-likeness (QED) is 0.577. The molecular formula is C13H25N3O. The SMILES string of the molecule is CC(C)CNC(N)=NCC1(C)CC2CCC1O2. The first kappa shape index (κ1) is 12.7. The van der Waals surface area contributed by atoms with Crippen molar-refractivity contribution < 1.29 is 4.74 Å². The van der Waals surface area contributed by atoms with Gasteiger partial charge in [0.25, 0.3) is 0 Å². The molecule has 0 aromatic rings. The number of nitrogens with two attached hydrogens (primary N) is 1. The van der Waals surface area contributed by atoms with E-state index in [1.54, 1.807) is 0 Å². The van der Waals surface area contributed by atoms with Gasteiger partial charge in [0.2, 0.25) is 0 Å². The van der Waals surface area contributed by atoms with Crippen LogP contribution >= 0.6 is 0 Å². The van der Waals surface area contributed by atoms with Crippen molar-refractivity contribution in [1.82, 2.24) is 5.32 Å². The monoisotopic (exact) mass is 239 g/mol. The highest BCUT2D eigenvalue weighted by molar-refractivity contribution is 5.77. The predicted molar refractivity (Wildman–Crippen MR) is 69.9 cm³/mol. The van der Waals surface area contributed by atoms with E-state index in [9.17, 15) is 0 Å². The molecule has 3 N–H and O–H groups in total. The fraction of sp³-hybridized carbons (Fsp3) is 0.923. The first-order valence-corrected chi connectivity index (χ1v) is 6.69. The average molecular weight is 239 g/mol. The van der Waals surface area contributed by atoms with E-state index in [0.717, 1.165) is 19.5 Å². The van der Waals surface area contributed by atoms with Crippen molar-refractivity contribution in [2.45, 2.75) is 52.2 Å². The van der Waals surface area contributed by atoms with Crippen LogP contribution in [0.5, 0.6) is 0 Å². The van der Waals surface area contributed by atoms with Crippen molar-refractivity contribution >= 4 is 5.96 Å². The lowest BCUT2D eigenvalue weighted by atomic mass is 9.76. The topological polar surface area (TPSA) is 59.6 Å². The molecule has 2 rings (SSSR count). The summed E-state index contributed by atoms with van der Waals surface area (Å²) in [5, 5.41) is 3.15. The molecule has 2 aliphatic rings. The highest BCUT2D eigenvalue weighted by atomic mass is 16.5. The fourth-order valence-corrected chi connectivity index (χ4v) is 2.82. The van der Waals surface area contributed by atoms with Gasteiger partial charge in [0.15, 0.2) is 5.96 Å². The molecule has 2 heterocycles. The second-order valence-corrected chi connectivity index (χ2v) is 6.16. The summed E-state index contributed by atoms with van der Waals surface area (Å²) in [6, 6.07) is 0. The molecule has 4 heteroatoms. The Balaban J connectivity index is 1.82. The van der Waals surface area contributed by atoms with Gasteiger partial charge < -0.3 is 15.8 Å². The van der Waals surface area contributed by atoms with Crippen LogP contribution in [0.25, 0.3) is 0 Å². The second-order valence-electron chi connectivity index (χ2n) is 6.16. The van der Waals surface area contributed by atoms with E-state index in [0.29, 0.717) is 24.1 Å². The van der Waals surface area contributed by atoms with Crippen molar-refractivity contribution in [1.29, 1.82) is 0 Å². The summed E-state index contributed by atoms with van der Waals surface area (Å²) in [6.07, 6.45) is 4.43. The molecule has 2 aliphatic heterocycles. The number of ether oxygens (including phenoxy) is 1. The summed E-state index contributed by atoms with van der Waals surface area (Å²) in [5.74, 6) is 1.16. The van der Waals surface area contributed by atoms with Crippen molar-refractivity contribution in [3.63, 3.8) is 0 Å². The number of fused-ring (bicyclic) bond motifs is 2. The standard InChI is InChI=1S/C13H25N3O/c1-9(2)7-15-12(14)16-8-13(3)6-10-4-5-11(13)17-10/h9-11H,4-8H2,1-3H3,(H3,14,15,16). The number of aliphatic imine (C=N–C) groups is 1. The molecule has 0 saturated carbocycles. The normalized spacial score (nSPS) is 36.8.